The van der Waals surface area contributed by atoms with E-state index in [1.54, 1.807) is 0 Å². The second kappa shape index (κ2) is 4.95. The first-order valence-corrected chi connectivity index (χ1v) is 7.03. The molecule has 2 unspecified atom stereocenters. The minimum Gasteiger partial charge on any atom is -0.316 e. The average molecular weight is 289 g/mol. The molecule has 1 aliphatic rings. The summed E-state index contributed by atoms with van der Waals surface area (Å²) in [5.74, 6) is 0. The number of thiophene rings is 1. The summed E-state index contributed by atoms with van der Waals surface area (Å²) in [6.07, 6.45) is 1.27. The molecular formula is C11H17BrN2S. The predicted molar refractivity (Wildman–Crippen MR) is 69.5 cm³/mol. The maximum atomic E-state index is 3.51. The van der Waals surface area contributed by atoms with Gasteiger partial charge in [-0.2, -0.15) is 0 Å². The number of nitrogens with one attached hydrogen (secondary N) is 1. The minimum atomic E-state index is 0.555. The molecule has 0 spiro atoms. The molecule has 2 rings (SSSR count). The van der Waals surface area contributed by atoms with Gasteiger partial charge in [-0.1, -0.05) is 0 Å². The molecule has 1 aromatic heterocycles. The van der Waals surface area contributed by atoms with Crippen molar-refractivity contribution in [2.75, 3.05) is 20.1 Å². The van der Waals surface area contributed by atoms with Crippen LogP contribution >= 0.6 is 27.3 Å². The van der Waals surface area contributed by atoms with Gasteiger partial charge < -0.3 is 5.32 Å². The van der Waals surface area contributed by atoms with Gasteiger partial charge in [0.05, 0.1) is 0 Å². The SMILES string of the molecule is CNC1CCN(C(C)c2cc(Br)cs2)C1. The molecule has 2 atom stereocenters. The minimum absolute atomic E-state index is 0.555. The highest BCUT2D eigenvalue weighted by Crippen LogP contribution is 2.31. The molecule has 4 heteroatoms. The fourth-order valence-electron chi connectivity index (χ4n) is 2.10. The van der Waals surface area contributed by atoms with Crippen molar-refractivity contribution < 1.29 is 0 Å². The van der Waals surface area contributed by atoms with Gasteiger partial charge >= 0.3 is 0 Å². The molecule has 0 aromatic carbocycles. The fourth-order valence-corrected chi connectivity index (χ4v) is 3.64. The van der Waals surface area contributed by atoms with Crippen LogP contribution < -0.4 is 5.32 Å². The number of halogens is 1. The van der Waals surface area contributed by atoms with E-state index in [1.165, 1.54) is 28.9 Å². The molecule has 1 aliphatic heterocycles. The van der Waals surface area contributed by atoms with Crippen molar-refractivity contribution in [3.8, 4) is 0 Å². The highest BCUT2D eigenvalue weighted by molar-refractivity contribution is 9.10. The lowest BCUT2D eigenvalue weighted by Gasteiger charge is -2.23. The average Bonchev–Trinajstić information content (AvgIpc) is 2.84. The monoisotopic (exact) mass is 288 g/mol. The largest absolute Gasteiger partial charge is 0.316 e. The zero-order valence-corrected chi connectivity index (χ0v) is 11.6. The molecule has 1 fully saturated rings. The normalized spacial score (nSPS) is 24.6. The van der Waals surface area contributed by atoms with Crippen LogP contribution in [0.25, 0.3) is 0 Å². The van der Waals surface area contributed by atoms with Gasteiger partial charge in [0.2, 0.25) is 0 Å². The van der Waals surface area contributed by atoms with E-state index in [-0.39, 0.29) is 0 Å². The lowest BCUT2D eigenvalue weighted by molar-refractivity contribution is 0.260. The Kier molecular flexibility index (Phi) is 3.83. The number of likely N-dealkylation sites (tertiary alicyclic amines) is 1. The zero-order chi connectivity index (χ0) is 10.8. The summed E-state index contributed by atoms with van der Waals surface area (Å²) in [7, 11) is 2.06. The van der Waals surface area contributed by atoms with Crippen LogP contribution in [0.2, 0.25) is 0 Å². The van der Waals surface area contributed by atoms with Crippen LogP contribution in [0.1, 0.15) is 24.3 Å². The van der Waals surface area contributed by atoms with E-state index in [0.29, 0.717) is 12.1 Å². The van der Waals surface area contributed by atoms with Crippen molar-refractivity contribution in [3.05, 3.63) is 20.8 Å². The first kappa shape index (κ1) is 11.6. The summed E-state index contributed by atoms with van der Waals surface area (Å²) in [6.45, 7) is 4.69. The van der Waals surface area contributed by atoms with Gasteiger partial charge in [-0.25, -0.2) is 0 Å². The maximum absolute atomic E-state index is 3.51. The van der Waals surface area contributed by atoms with E-state index >= 15 is 0 Å². The molecule has 15 heavy (non-hydrogen) atoms. The van der Waals surface area contributed by atoms with Gasteiger partial charge in [-0.05, 0) is 42.4 Å². The topological polar surface area (TPSA) is 15.3 Å². The van der Waals surface area contributed by atoms with Crippen LogP contribution in [0.15, 0.2) is 15.9 Å². The van der Waals surface area contributed by atoms with E-state index in [2.05, 4.69) is 51.6 Å². The van der Waals surface area contributed by atoms with E-state index in [4.69, 9.17) is 0 Å². The molecule has 1 saturated heterocycles. The molecular weight excluding hydrogens is 272 g/mol. The third kappa shape index (κ3) is 2.61. The van der Waals surface area contributed by atoms with Crippen LogP contribution in [-0.2, 0) is 0 Å². The van der Waals surface area contributed by atoms with Crippen LogP contribution in [0, 0.1) is 0 Å². The number of rotatable bonds is 3. The number of likely N-dealkylation sites (N-methyl/N-ethyl adjacent to an activating group) is 1. The number of nitrogens with zero attached hydrogens (tertiary/aromatic N) is 1. The van der Waals surface area contributed by atoms with E-state index in [0.717, 1.165) is 0 Å². The summed E-state index contributed by atoms with van der Waals surface area (Å²) < 4.78 is 1.21. The van der Waals surface area contributed by atoms with E-state index in [1.807, 2.05) is 11.3 Å². The lowest BCUT2D eigenvalue weighted by atomic mass is 10.2. The van der Waals surface area contributed by atoms with Crippen molar-refractivity contribution in [2.45, 2.75) is 25.4 Å². The first-order chi connectivity index (χ1) is 7.20. The Hall–Kier alpha value is 0.1000. The second-order valence-electron chi connectivity index (χ2n) is 4.11. The summed E-state index contributed by atoms with van der Waals surface area (Å²) in [4.78, 5) is 4.01. The smallest absolute Gasteiger partial charge is 0.0414 e. The molecule has 1 aromatic rings. The van der Waals surface area contributed by atoms with Gasteiger partial charge in [0.15, 0.2) is 0 Å². The van der Waals surface area contributed by atoms with Crippen molar-refractivity contribution in [3.63, 3.8) is 0 Å². The van der Waals surface area contributed by atoms with Crippen LogP contribution in [0.3, 0.4) is 0 Å². The van der Waals surface area contributed by atoms with E-state index in [9.17, 15) is 0 Å². The molecule has 0 bridgehead atoms. The van der Waals surface area contributed by atoms with Crippen LogP contribution in [0.5, 0.6) is 0 Å². The molecule has 2 heterocycles. The van der Waals surface area contributed by atoms with Crippen LogP contribution in [0.4, 0.5) is 0 Å². The molecule has 84 valence electrons. The Labute approximate surface area is 104 Å². The Morgan fingerprint density at radius 3 is 3.00 bits per heavy atom. The summed E-state index contributed by atoms with van der Waals surface area (Å²) >= 11 is 5.36. The Morgan fingerprint density at radius 1 is 1.67 bits per heavy atom. The predicted octanol–water partition coefficient (Wildman–Crippen LogP) is 2.87. The number of hydrogen-bond acceptors (Lipinski definition) is 3. The zero-order valence-electron chi connectivity index (χ0n) is 9.16. The van der Waals surface area contributed by atoms with Crippen molar-refractivity contribution in [2.24, 2.45) is 0 Å². The number of hydrogen-bond donors (Lipinski definition) is 1. The highest BCUT2D eigenvalue weighted by Gasteiger charge is 2.26. The van der Waals surface area contributed by atoms with Crippen molar-refractivity contribution in [1.82, 2.24) is 10.2 Å². The fraction of sp³-hybridized carbons (Fsp3) is 0.636. The van der Waals surface area contributed by atoms with Crippen molar-refractivity contribution >= 4 is 27.3 Å². The van der Waals surface area contributed by atoms with Gasteiger partial charge in [0.1, 0.15) is 0 Å². The third-order valence-corrected chi connectivity index (χ3v) is 5.04. The van der Waals surface area contributed by atoms with Gasteiger partial charge in [-0.3, -0.25) is 4.90 Å². The van der Waals surface area contributed by atoms with Crippen LogP contribution in [-0.4, -0.2) is 31.1 Å². The van der Waals surface area contributed by atoms with Gasteiger partial charge in [0, 0.05) is 39.9 Å². The standard InChI is InChI=1S/C11H17BrN2S/c1-8(11-5-9(12)7-15-11)14-4-3-10(6-14)13-2/h5,7-8,10,13H,3-4,6H2,1-2H3. The highest BCUT2D eigenvalue weighted by atomic mass is 79.9. The van der Waals surface area contributed by atoms with Gasteiger partial charge in [0.25, 0.3) is 0 Å². The Morgan fingerprint density at radius 2 is 2.47 bits per heavy atom. The second-order valence-corrected chi connectivity index (χ2v) is 5.97. The van der Waals surface area contributed by atoms with Crippen molar-refractivity contribution in [1.29, 1.82) is 0 Å². The van der Waals surface area contributed by atoms with Gasteiger partial charge in [-0.15, -0.1) is 11.3 Å². The molecule has 0 amide bonds. The molecule has 0 aliphatic carbocycles. The molecule has 1 N–H and O–H groups in total. The Balaban J connectivity index is 2.00. The first-order valence-electron chi connectivity index (χ1n) is 5.36. The Bertz CT molecular complexity index is 326. The quantitative estimate of drug-likeness (QED) is 0.920. The molecule has 0 saturated carbocycles. The molecule has 0 radical (unpaired) electrons. The van der Waals surface area contributed by atoms with E-state index < -0.39 is 0 Å². The molecule has 2 nitrogen and oxygen atoms in total. The maximum Gasteiger partial charge on any atom is 0.0414 e. The lowest BCUT2D eigenvalue weighted by Crippen LogP contribution is -2.30. The third-order valence-electron chi connectivity index (χ3n) is 3.18. The summed E-state index contributed by atoms with van der Waals surface area (Å²) in [5, 5.41) is 5.52. The summed E-state index contributed by atoms with van der Waals surface area (Å²) in [5.41, 5.74) is 0. The summed E-state index contributed by atoms with van der Waals surface area (Å²) in [6, 6.07) is 3.47.